The van der Waals surface area contributed by atoms with E-state index >= 15 is 0 Å². The topological polar surface area (TPSA) is 55.7 Å². The highest BCUT2D eigenvalue weighted by Gasteiger charge is 2.12. The molecule has 1 atom stereocenters. The highest BCUT2D eigenvalue weighted by atomic mass is 35.5. The van der Waals surface area contributed by atoms with Crippen molar-refractivity contribution in [3.8, 4) is 11.4 Å². The lowest BCUT2D eigenvalue weighted by atomic mass is 10.1. The molecule has 0 bridgehead atoms. The summed E-state index contributed by atoms with van der Waals surface area (Å²) in [4.78, 5) is 12.4. The van der Waals surface area contributed by atoms with Crippen molar-refractivity contribution in [3.05, 3.63) is 35.1 Å². The molecule has 0 aliphatic heterocycles. The lowest BCUT2D eigenvalue weighted by Gasteiger charge is -2.06. The summed E-state index contributed by atoms with van der Waals surface area (Å²) in [6.45, 7) is 1.92. The first kappa shape index (κ1) is 12.1. The summed E-state index contributed by atoms with van der Waals surface area (Å²) in [5, 5.41) is 0.662. The lowest BCUT2D eigenvalue weighted by Crippen LogP contribution is -2.00. The molecule has 0 fully saturated rings. The molecule has 2 rings (SSSR count). The van der Waals surface area contributed by atoms with Crippen LogP contribution < -0.4 is 0 Å². The van der Waals surface area contributed by atoms with Crippen molar-refractivity contribution in [3.63, 3.8) is 0 Å². The third-order valence-corrected chi connectivity index (χ3v) is 3.20. The van der Waals surface area contributed by atoms with Crippen LogP contribution in [-0.2, 0) is 10.8 Å². The fourth-order valence-electron chi connectivity index (χ4n) is 1.39. The second-order valence-electron chi connectivity index (χ2n) is 3.47. The predicted molar refractivity (Wildman–Crippen MR) is 67.3 cm³/mol. The van der Waals surface area contributed by atoms with Crippen LogP contribution >= 0.6 is 11.6 Å². The Labute approximate surface area is 107 Å². The Kier molecular flexibility index (Phi) is 3.49. The van der Waals surface area contributed by atoms with Crippen molar-refractivity contribution in [1.82, 2.24) is 15.0 Å². The Morgan fingerprint density at radius 3 is 2.71 bits per heavy atom. The van der Waals surface area contributed by atoms with E-state index in [1.807, 2.05) is 19.1 Å². The molecule has 6 heteroatoms. The highest BCUT2D eigenvalue weighted by molar-refractivity contribution is 7.84. The van der Waals surface area contributed by atoms with Crippen LogP contribution in [0.2, 0.25) is 5.02 Å². The monoisotopic (exact) mass is 267 g/mol. The summed E-state index contributed by atoms with van der Waals surface area (Å²) in [7, 11) is -1.24. The Bertz CT molecular complexity index is 589. The molecule has 2 aromatic heterocycles. The third-order valence-electron chi connectivity index (χ3n) is 2.21. The average molecular weight is 268 g/mol. The molecule has 4 nitrogen and oxygen atoms in total. The molecule has 0 saturated carbocycles. The fourth-order valence-corrected chi connectivity index (χ4v) is 1.99. The molecule has 0 unspecified atom stereocenters. The number of rotatable bonds is 2. The van der Waals surface area contributed by atoms with Crippen LogP contribution in [0.5, 0.6) is 0 Å². The molecule has 0 saturated heterocycles. The molecule has 0 aliphatic carbocycles. The van der Waals surface area contributed by atoms with Crippen LogP contribution in [0.25, 0.3) is 11.4 Å². The Hall–Kier alpha value is -1.33. The van der Waals surface area contributed by atoms with E-state index < -0.39 is 10.8 Å². The SMILES string of the molecule is Cc1cccnc1-c1nc([S@](C)=O)ncc1Cl. The minimum absolute atomic E-state index is 0.259. The van der Waals surface area contributed by atoms with E-state index in [-0.39, 0.29) is 5.16 Å². The minimum Gasteiger partial charge on any atom is -0.254 e. The molecule has 2 heterocycles. The second-order valence-corrected chi connectivity index (χ2v) is 5.15. The van der Waals surface area contributed by atoms with Crippen LogP contribution in [0.15, 0.2) is 29.7 Å². The van der Waals surface area contributed by atoms with E-state index in [2.05, 4.69) is 15.0 Å². The largest absolute Gasteiger partial charge is 0.254 e. The Balaban J connectivity index is 2.63. The zero-order valence-electron chi connectivity index (χ0n) is 9.35. The van der Waals surface area contributed by atoms with Crippen molar-refractivity contribution in [1.29, 1.82) is 0 Å². The summed E-state index contributed by atoms with van der Waals surface area (Å²) in [6, 6.07) is 3.76. The Morgan fingerprint density at radius 2 is 2.06 bits per heavy atom. The van der Waals surface area contributed by atoms with E-state index in [0.717, 1.165) is 5.56 Å². The number of hydrogen-bond acceptors (Lipinski definition) is 4. The number of aryl methyl sites for hydroxylation is 1. The zero-order valence-corrected chi connectivity index (χ0v) is 10.9. The quantitative estimate of drug-likeness (QED) is 0.783. The van der Waals surface area contributed by atoms with E-state index in [9.17, 15) is 4.21 Å². The van der Waals surface area contributed by atoms with Gasteiger partial charge in [0.1, 0.15) is 5.69 Å². The maximum absolute atomic E-state index is 11.3. The van der Waals surface area contributed by atoms with Crippen LogP contribution in [0.1, 0.15) is 5.56 Å². The number of nitrogens with zero attached hydrogens (tertiary/aromatic N) is 3. The summed E-state index contributed by atoms with van der Waals surface area (Å²) < 4.78 is 11.3. The van der Waals surface area contributed by atoms with Crippen molar-refractivity contribution < 1.29 is 4.21 Å². The van der Waals surface area contributed by atoms with Gasteiger partial charge in [0.05, 0.1) is 27.7 Å². The van der Waals surface area contributed by atoms with Gasteiger partial charge in [-0.25, -0.2) is 9.97 Å². The standard InChI is InChI=1S/C11H10ClN3OS/c1-7-4-3-5-13-9(7)10-8(12)6-14-11(15-10)17(2)16/h3-6H,1-2H3/t17-/m0/s1. The first-order valence-electron chi connectivity index (χ1n) is 4.87. The molecule has 0 aliphatic rings. The third kappa shape index (κ3) is 2.50. The summed E-state index contributed by atoms with van der Waals surface area (Å²) >= 11 is 6.04. The number of pyridine rings is 1. The first-order valence-corrected chi connectivity index (χ1v) is 6.81. The molecule has 0 aromatic carbocycles. The molecule has 2 aromatic rings. The van der Waals surface area contributed by atoms with Crippen molar-refractivity contribution >= 4 is 22.4 Å². The molecule has 0 amide bonds. The molecule has 88 valence electrons. The molecule has 17 heavy (non-hydrogen) atoms. The second kappa shape index (κ2) is 4.89. The smallest absolute Gasteiger partial charge is 0.218 e. The molecule has 0 spiro atoms. The average Bonchev–Trinajstić information content (AvgIpc) is 2.30. The van der Waals surface area contributed by atoms with Gasteiger partial charge in [-0.15, -0.1) is 0 Å². The van der Waals surface area contributed by atoms with Gasteiger partial charge in [-0.05, 0) is 18.6 Å². The number of hydrogen-bond donors (Lipinski definition) is 0. The van der Waals surface area contributed by atoms with Gasteiger partial charge < -0.3 is 0 Å². The highest BCUT2D eigenvalue weighted by Crippen LogP contribution is 2.26. The molecular formula is C11H10ClN3OS. The van der Waals surface area contributed by atoms with E-state index in [1.165, 1.54) is 12.5 Å². The summed E-state index contributed by atoms with van der Waals surface area (Å²) in [5.74, 6) is 0. The predicted octanol–water partition coefficient (Wildman–Crippen LogP) is 2.24. The summed E-state index contributed by atoms with van der Waals surface area (Å²) in [6.07, 6.45) is 4.65. The maximum Gasteiger partial charge on any atom is 0.218 e. The molecule has 0 N–H and O–H groups in total. The van der Waals surface area contributed by atoms with Gasteiger partial charge in [-0.2, -0.15) is 0 Å². The molecular weight excluding hydrogens is 258 g/mol. The van der Waals surface area contributed by atoms with Gasteiger partial charge in [-0.3, -0.25) is 9.19 Å². The van der Waals surface area contributed by atoms with Gasteiger partial charge in [0.2, 0.25) is 5.16 Å². The summed E-state index contributed by atoms with van der Waals surface area (Å²) in [5.41, 5.74) is 2.16. The molecule has 0 radical (unpaired) electrons. The van der Waals surface area contributed by atoms with Crippen LogP contribution in [-0.4, -0.2) is 25.4 Å². The van der Waals surface area contributed by atoms with Gasteiger partial charge in [0, 0.05) is 12.5 Å². The van der Waals surface area contributed by atoms with Crippen molar-refractivity contribution in [2.45, 2.75) is 12.1 Å². The van der Waals surface area contributed by atoms with E-state index in [1.54, 1.807) is 6.20 Å². The van der Waals surface area contributed by atoms with Crippen LogP contribution in [0, 0.1) is 6.92 Å². The van der Waals surface area contributed by atoms with Crippen molar-refractivity contribution in [2.24, 2.45) is 0 Å². The normalized spacial score (nSPS) is 12.4. The first-order chi connectivity index (χ1) is 8.09. The Morgan fingerprint density at radius 1 is 1.29 bits per heavy atom. The number of halogens is 1. The van der Waals surface area contributed by atoms with E-state index in [0.29, 0.717) is 16.4 Å². The zero-order chi connectivity index (χ0) is 12.4. The van der Waals surface area contributed by atoms with Gasteiger partial charge in [0.25, 0.3) is 0 Å². The van der Waals surface area contributed by atoms with Gasteiger partial charge in [-0.1, -0.05) is 17.7 Å². The van der Waals surface area contributed by atoms with E-state index in [4.69, 9.17) is 11.6 Å². The van der Waals surface area contributed by atoms with Crippen LogP contribution in [0.4, 0.5) is 0 Å². The fraction of sp³-hybridized carbons (Fsp3) is 0.182. The maximum atomic E-state index is 11.3. The number of aromatic nitrogens is 3. The van der Waals surface area contributed by atoms with Crippen LogP contribution in [0.3, 0.4) is 0 Å². The van der Waals surface area contributed by atoms with Gasteiger partial charge in [0.15, 0.2) is 0 Å². The lowest BCUT2D eigenvalue weighted by molar-refractivity contribution is 0.680. The minimum atomic E-state index is -1.24. The van der Waals surface area contributed by atoms with Crippen molar-refractivity contribution in [2.75, 3.05) is 6.26 Å². The van der Waals surface area contributed by atoms with Gasteiger partial charge >= 0.3 is 0 Å².